The predicted octanol–water partition coefficient (Wildman–Crippen LogP) is 4.73. The van der Waals surface area contributed by atoms with Gasteiger partial charge in [-0.15, -0.1) is 11.3 Å². The monoisotopic (exact) mass is 421 g/mol. The van der Waals surface area contributed by atoms with E-state index in [1.807, 2.05) is 10.1 Å². The molecule has 28 heavy (non-hydrogen) atoms. The summed E-state index contributed by atoms with van der Waals surface area (Å²) in [6.07, 6.45) is 5.95. The highest BCUT2D eigenvalue weighted by molar-refractivity contribution is 7.13. The molecular weight excluding hydrogens is 401 g/mol. The lowest BCUT2D eigenvalue weighted by Gasteiger charge is -2.34. The summed E-state index contributed by atoms with van der Waals surface area (Å²) in [7, 11) is 0. The van der Waals surface area contributed by atoms with Crippen molar-refractivity contribution in [1.82, 2.24) is 24.7 Å². The van der Waals surface area contributed by atoms with Crippen LogP contribution in [-0.2, 0) is 0 Å². The Labute approximate surface area is 170 Å². The number of aromatic nitrogens is 5. The van der Waals surface area contributed by atoms with E-state index in [1.165, 1.54) is 11.3 Å². The standard InChI is InChI=1S/C19H21ClFN5OS/c1-19(21)6-4-10(5-7-19)26-16-13(8-22-26)17(27)25-15(24-16)12-3-2-11(12)14-9-28-18(20)23-14/h8-12H,2-7H2,1H3,(H,24,25,27)/t10?,11-,12-,19?/m1/s1. The molecule has 0 unspecified atom stereocenters. The van der Waals surface area contributed by atoms with Gasteiger partial charge in [-0.3, -0.25) is 4.79 Å². The molecule has 2 atom stereocenters. The minimum absolute atomic E-state index is 0.0815. The Hall–Kier alpha value is -1.80. The maximum absolute atomic E-state index is 14.2. The smallest absolute Gasteiger partial charge is 0.262 e. The molecular formula is C19H21ClFN5OS. The minimum Gasteiger partial charge on any atom is -0.310 e. The van der Waals surface area contributed by atoms with Crippen LogP contribution in [0.4, 0.5) is 4.39 Å². The Morgan fingerprint density at radius 3 is 2.64 bits per heavy atom. The molecule has 148 valence electrons. The summed E-state index contributed by atoms with van der Waals surface area (Å²) >= 11 is 7.42. The van der Waals surface area contributed by atoms with Crippen molar-refractivity contribution < 1.29 is 4.39 Å². The molecule has 0 radical (unpaired) electrons. The van der Waals surface area contributed by atoms with Gasteiger partial charge in [-0.2, -0.15) is 5.10 Å². The molecule has 6 nitrogen and oxygen atoms in total. The topological polar surface area (TPSA) is 76.5 Å². The summed E-state index contributed by atoms with van der Waals surface area (Å²) in [5.41, 5.74) is 0.299. The number of rotatable bonds is 3. The first-order valence-corrected chi connectivity index (χ1v) is 10.9. The summed E-state index contributed by atoms with van der Waals surface area (Å²) in [5.74, 6) is 1.03. The quantitative estimate of drug-likeness (QED) is 0.663. The summed E-state index contributed by atoms with van der Waals surface area (Å²) in [4.78, 5) is 24.8. The van der Waals surface area contributed by atoms with Crippen molar-refractivity contribution in [3.05, 3.63) is 37.9 Å². The number of fused-ring (bicyclic) bond motifs is 1. The van der Waals surface area contributed by atoms with Gasteiger partial charge in [0, 0.05) is 17.2 Å². The number of hydrogen-bond acceptors (Lipinski definition) is 5. The van der Waals surface area contributed by atoms with E-state index >= 15 is 0 Å². The molecule has 0 bridgehead atoms. The Balaban J connectivity index is 1.49. The first-order valence-electron chi connectivity index (χ1n) is 9.68. The number of aromatic amines is 1. The molecule has 5 rings (SSSR count). The summed E-state index contributed by atoms with van der Waals surface area (Å²) < 4.78 is 16.5. The lowest BCUT2D eigenvalue weighted by molar-refractivity contribution is 0.103. The van der Waals surface area contributed by atoms with Crippen LogP contribution in [0, 0.1) is 0 Å². The lowest BCUT2D eigenvalue weighted by Crippen LogP contribution is -2.29. The van der Waals surface area contributed by atoms with Crippen LogP contribution in [0.2, 0.25) is 4.47 Å². The van der Waals surface area contributed by atoms with Crippen molar-refractivity contribution in [3.63, 3.8) is 0 Å². The van der Waals surface area contributed by atoms with E-state index in [0.717, 1.165) is 18.5 Å². The fourth-order valence-corrected chi connectivity index (χ4v) is 5.29. The van der Waals surface area contributed by atoms with Crippen molar-refractivity contribution in [2.75, 3.05) is 0 Å². The van der Waals surface area contributed by atoms with Gasteiger partial charge in [0.2, 0.25) is 0 Å². The van der Waals surface area contributed by atoms with Crippen LogP contribution in [0.5, 0.6) is 0 Å². The van der Waals surface area contributed by atoms with E-state index < -0.39 is 5.67 Å². The molecule has 1 N–H and O–H groups in total. The van der Waals surface area contributed by atoms with Gasteiger partial charge in [0.05, 0.1) is 17.9 Å². The van der Waals surface area contributed by atoms with Crippen molar-refractivity contribution in [3.8, 4) is 0 Å². The van der Waals surface area contributed by atoms with Crippen molar-refractivity contribution in [2.45, 2.75) is 69.0 Å². The van der Waals surface area contributed by atoms with E-state index in [9.17, 15) is 9.18 Å². The molecule has 0 aliphatic heterocycles. The second-order valence-electron chi connectivity index (χ2n) is 8.24. The van der Waals surface area contributed by atoms with Gasteiger partial charge >= 0.3 is 0 Å². The average Bonchev–Trinajstić information content (AvgIpc) is 3.21. The molecule has 9 heteroatoms. The highest BCUT2D eigenvalue weighted by atomic mass is 35.5. The SMILES string of the molecule is CC1(F)CCC(n2ncc3c(=O)[nH]c([C@@H]4CC[C@H]4c4csc(Cl)n4)nc32)CC1. The van der Waals surface area contributed by atoms with Crippen molar-refractivity contribution >= 4 is 34.0 Å². The zero-order valence-corrected chi connectivity index (χ0v) is 17.1. The largest absolute Gasteiger partial charge is 0.310 e. The van der Waals surface area contributed by atoms with Crippen LogP contribution in [-0.4, -0.2) is 30.4 Å². The van der Waals surface area contributed by atoms with E-state index in [1.54, 1.807) is 13.1 Å². The zero-order chi connectivity index (χ0) is 19.5. The van der Waals surface area contributed by atoms with Crippen molar-refractivity contribution in [1.29, 1.82) is 0 Å². The molecule has 2 saturated carbocycles. The maximum atomic E-state index is 14.2. The molecule has 3 aromatic heterocycles. The third-order valence-corrected chi connectivity index (χ3v) is 7.32. The summed E-state index contributed by atoms with van der Waals surface area (Å²) in [6, 6.07) is 0.0815. The van der Waals surface area contributed by atoms with Gasteiger partial charge < -0.3 is 4.98 Å². The summed E-state index contributed by atoms with van der Waals surface area (Å²) in [6.45, 7) is 1.66. The van der Waals surface area contributed by atoms with Crippen LogP contribution >= 0.6 is 22.9 Å². The number of nitrogens with zero attached hydrogens (tertiary/aromatic N) is 4. The fourth-order valence-electron chi connectivity index (χ4n) is 4.46. The number of thiazole rings is 1. The highest BCUT2D eigenvalue weighted by Crippen LogP contribution is 2.48. The molecule has 0 spiro atoms. The lowest BCUT2D eigenvalue weighted by atomic mass is 9.71. The molecule has 2 fully saturated rings. The van der Waals surface area contributed by atoms with Gasteiger partial charge in [-0.25, -0.2) is 19.0 Å². The Kier molecular flexibility index (Phi) is 4.32. The normalized spacial score (nSPS) is 30.5. The van der Waals surface area contributed by atoms with Gasteiger partial charge in [0.15, 0.2) is 10.1 Å². The van der Waals surface area contributed by atoms with Gasteiger partial charge in [0.25, 0.3) is 5.56 Å². The van der Waals surface area contributed by atoms with Crippen LogP contribution in [0.25, 0.3) is 11.0 Å². The van der Waals surface area contributed by atoms with E-state index in [2.05, 4.69) is 15.1 Å². The van der Waals surface area contributed by atoms with Crippen LogP contribution < -0.4 is 5.56 Å². The number of halogens is 2. The number of H-pyrrole nitrogens is 1. The Bertz CT molecular complexity index is 1080. The van der Waals surface area contributed by atoms with Crippen LogP contribution in [0.1, 0.15) is 74.8 Å². The third-order valence-electron chi connectivity index (χ3n) is 6.32. The van der Waals surface area contributed by atoms with E-state index in [0.29, 0.717) is 47.0 Å². The fraction of sp³-hybridized carbons (Fsp3) is 0.579. The highest BCUT2D eigenvalue weighted by Gasteiger charge is 2.38. The number of alkyl halides is 1. The van der Waals surface area contributed by atoms with Crippen LogP contribution in [0.3, 0.4) is 0 Å². The summed E-state index contributed by atoms with van der Waals surface area (Å²) in [5, 5.41) is 6.91. The zero-order valence-electron chi connectivity index (χ0n) is 15.5. The Morgan fingerprint density at radius 1 is 1.25 bits per heavy atom. The average molecular weight is 422 g/mol. The molecule has 0 amide bonds. The molecule has 3 heterocycles. The molecule has 2 aliphatic carbocycles. The maximum Gasteiger partial charge on any atom is 0.262 e. The molecule has 0 aromatic carbocycles. The second kappa shape index (κ2) is 6.62. The van der Waals surface area contributed by atoms with Gasteiger partial charge in [-0.05, 0) is 45.4 Å². The van der Waals surface area contributed by atoms with E-state index in [-0.39, 0.29) is 23.4 Å². The van der Waals surface area contributed by atoms with E-state index in [4.69, 9.17) is 16.6 Å². The third kappa shape index (κ3) is 3.06. The first kappa shape index (κ1) is 18.2. The predicted molar refractivity (Wildman–Crippen MR) is 107 cm³/mol. The molecule has 3 aromatic rings. The Morgan fingerprint density at radius 2 is 2.00 bits per heavy atom. The molecule has 0 saturated heterocycles. The number of nitrogens with one attached hydrogen (secondary N) is 1. The minimum atomic E-state index is -1.11. The van der Waals surface area contributed by atoms with Gasteiger partial charge in [0.1, 0.15) is 16.9 Å². The van der Waals surface area contributed by atoms with Crippen molar-refractivity contribution in [2.24, 2.45) is 0 Å². The second-order valence-corrected chi connectivity index (χ2v) is 9.68. The molecule has 2 aliphatic rings. The van der Waals surface area contributed by atoms with Crippen LogP contribution in [0.15, 0.2) is 16.4 Å². The number of hydrogen-bond donors (Lipinski definition) is 1. The van der Waals surface area contributed by atoms with Gasteiger partial charge in [-0.1, -0.05) is 11.6 Å². The first-order chi connectivity index (χ1) is 13.4.